The van der Waals surface area contributed by atoms with Gasteiger partial charge in [-0.15, -0.1) is 11.8 Å². The lowest BCUT2D eigenvalue weighted by Gasteiger charge is -2.28. The van der Waals surface area contributed by atoms with Crippen LogP contribution in [0.4, 0.5) is 5.69 Å². The molecule has 2 atom stereocenters. The predicted molar refractivity (Wildman–Crippen MR) is 127 cm³/mol. The molecular formula is C22H22Cl3N3O2S. The normalized spacial score (nSPS) is 20.9. The number of thioether (sulfide) groups is 1. The Bertz CT molecular complexity index is 994. The van der Waals surface area contributed by atoms with E-state index in [-0.39, 0.29) is 6.10 Å². The van der Waals surface area contributed by atoms with Crippen LogP contribution in [0.3, 0.4) is 0 Å². The van der Waals surface area contributed by atoms with E-state index < -0.39 is 5.79 Å². The summed E-state index contributed by atoms with van der Waals surface area (Å²) in [6, 6.07) is 11.3. The zero-order chi connectivity index (χ0) is 21.8. The summed E-state index contributed by atoms with van der Waals surface area (Å²) in [5, 5.41) is 1.81. The molecular weight excluding hydrogens is 477 g/mol. The van der Waals surface area contributed by atoms with Gasteiger partial charge in [0.15, 0.2) is 5.79 Å². The van der Waals surface area contributed by atoms with Gasteiger partial charge in [-0.25, -0.2) is 4.98 Å². The van der Waals surface area contributed by atoms with Crippen LogP contribution < -0.4 is 5.73 Å². The molecule has 0 saturated carbocycles. The second-order valence-electron chi connectivity index (χ2n) is 7.45. The van der Waals surface area contributed by atoms with Gasteiger partial charge in [-0.1, -0.05) is 46.9 Å². The van der Waals surface area contributed by atoms with Crippen LogP contribution >= 0.6 is 46.6 Å². The van der Waals surface area contributed by atoms with Crippen molar-refractivity contribution in [2.75, 3.05) is 18.1 Å². The van der Waals surface area contributed by atoms with Crippen molar-refractivity contribution in [2.24, 2.45) is 0 Å². The Balaban J connectivity index is 1.43. The smallest absolute Gasteiger partial charge is 0.187 e. The molecule has 31 heavy (non-hydrogen) atoms. The highest BCUT2D eigenvalue weighted by Gasteiger charge is 2.41. The highest BCUT2D eigenvalue weighted by atomic mass is 35.5. The second-order valence-corrected chi connectivity index (χ2v) is 9.73. The van der Waals surface area contributed by atoms with Crippen molar-refractivity contribution in [3.05, 3.63) is 75.8 Å². The van der Waals surface area contributed by atoms with E-state index in [9.17, 15) is 0 Å². The van der Waals surface area contributed by atoms with Crippen molar-refractivity contribution in [2.45, 2.75) is 36.2 Å². The number of nitrogen functional groups attached to an aromatic ring is 1. The minimum atomic E-state index is -0.736. The molecule has 1 aliphatic heterocycles. The number of hydrogen-bond acceptors (Lipinski definition) is 5. The van der Waals surface area contributed by atoms with Crippen LogP contribution in [0.1, 0.15) is 12.0 Å². The predicted octanol–water partition coefficient (Wildman–Crippen LogP) is 5.96. The van der Waals surface area contributed by atoms with Crippen molar-refractivity contribution >= 4 is 52.3 Å². The van der Waals surface area contributed by atoms with Crippen molar-refractivity contribution in [3.63, 3.8) is 0 Å². The fraction of sp³-hybridized carbons (Fsp3) is 0.318. The highest BCUT2D eigenvalue weighted by molar-refractivity contribution is 7.99. The van der Waals surface area contributed by atoms with Gasteiger partial charge in [0.1, 0.15) is 0 Å². The molecule has 2 heterocycles. The molecule has 0 spiro atoms. The third-order valence-corrected chi connectivity index (χ3v) is 7.38. The SMILES string of the molecule is Nc1cc(Cl)c(SC[C@H]2CO[C@@](CCc3ccc(Cl)cc3)(Cn3ccnc3)O2)c(Cl)c1. The number of halogens is 3. The summed E-state index contributed by atoms with van der Waals surface area (Å²) in [6.07, 6.45) is 6.85. The van der Waals surface area contributed by atoms with Gasteiger partial charge in [0, 0.05) is 40.2 Å². The van der Waals surface area contributed by atoms with Gasteiger partial charge in [-0.2, -0.15) is 0 Å². The Morgan fingerprint density at radius 1 is 1.16 bits per heavy atom. The van der Waals surface area contributed by atoms with Gasteiger partial charge < -0.3 is 19.8 Å². The molecule has 0 amide bonds. The molecule has 9 heteroatoms. The maximum Gasteiger partial charge on any atom is 0.187 e. The first-order chi connectivity index (χ1) is 14.9. The third-order valence-electron chi connectivity index (χ3n) is 5.04. The van der Waals surface area contributed by atoms with E-state index in [0.29, 0.717) is 41.1 Å². The first-order valence-corrected chi connectivity index (χ1v) is 11.9. The number of aromatic nitrogens is 2. The Hall–Kier alpha value is -1.41. The number of benzene rings is 2. The number of rotatable bonds is 8. The molecule has 2 N–H and O–H groups in total. The van der Waals surface area contributed by atoms with Crippen LogP contribution in [-0.2, 0) is 22.4 Å². The van der Waals surface area contributed by atoms with E-state index in [4.69, 9.17) is 50.0 Å². The zero-order valence-electron chi connectivity index (χ0n) is 16.6. The molecule has 0 aliphatic carbocycles. The number of anilines is 1. The van der Waals surface area contributed by atoms with Crippen LogP contribution in [0, 0.1) is 0 Å². The van der Waals surface area contributed by atoms with Gasteiger partial charge in [0.05, 0.1) is 35.6 Å². The lowest BCUT2D eigenvalue weighted by Crippen LogP contribution is -2.37. The summed E-state index contributed by atoms with van der Waals surface area (Å²) in [6.45, 7) is 1.05. The van der Waals surface area contributed by atoms with E-state index in [1.165, 1.54) is 5.56 Å². The fourth-order valence-corrected chi connectivity index (χ4v) is 5.40. The van der Waals surface area contributed by atoms with Crippen LogP contribution in [0.5, 0.6) is 0 Å². The molecule has 2 aromatic carbocycles. The summed E-state index contributed by atoms with van der Waals surface area (Å²) < 4.78 is 14.7. The zero-order valence-corrected chi connectivity index (χ0v) is 19.7. The second kappa shape index (κ2) is 10.0. The van der Waals surface area contributed by atoms with Gasteiger partial charge in [-0.3, -0.25) is 0 Å². The van der Waals surface area contributed by atoms with Crippen LogP contribution in [-0.4, -0.2) is 33.8 Å². The van der Waals surface area contributed by atoms with Crippen LogP contribution in [0.15, 0.2) is 60.0 Å². The van der Waals surface area contributed by atoms with E-state index in [1.54, 1.807) is 36.4 Å². The van der Waals surface area contributed by atoms with E-state index >= 15 is 0 Å². The summed E-state index contributed by atoms with van der Waals surface area (Å²) in [4.78, 5) is 4.94. The molecule has 1 fully saturated rings. The minimum Gasteiger partial charge on any atom is -0.399 e. The summed E-state index contributed by atoms with van der Waals surface area (Å²) >= 11 is 20.2. The third kappa shape index (κ3) is 5.89. The van der Waals surface area contributed by atoms with Crippen LogP contribution in [0.2, 0.25) is 15.1 Å². The number of nitrogens with zero attached hydrogens (tertiary/aromatic N) is 2. The standard InChI is InChI=1S/C22H22Cl3N3O2S/c23-16-3-1-15(2-4-16)5-6-22(13-28-8-7-27-14-28)29-11-18(30-22)12-31-21-19(24)9-17(26)10-20(21)25/h1-4,7-10,14,18H,5-6,11-13,26H2/t18-,22-/m1/s1. The van der Waals surface area contributed by atoms with E-state index in [0.717, 1.165) is 16.3 Å². The molecule has 4 rings (SSSR count). The molecule has 1 saturated heterocycles. The minimum absolute atomic E-state index is 0.0941. The van der Waals surface area contributed by atoms with Crippen molar-refractivity contribution < 1.29 is 9.47 Å². The first-order valence-electron chi connectivity index (χ1n) is 9.82. The molecule has 0 radical (unpaired) electrons. The lowest BCUT2D eigenvalue weighted by atomic mass is 10.0. The number of ether oxygens (including phenoxy) is 2. The van der Waals surface area contributed by atoms with Gasteiger partial charge >= 0.3 is 0 Å². The molecule has 1 aliphatic rings. The summed E-state index contributed by atoms with van der Waals surface area (Å²) in [7, 11) is 0. The Morgan fingerprint density at radius 2 is 1.90 bits per heavy atom. The average molecular weight is 499 g/mol. The molecule has 0 bridgehead atoms. The monoisotopic (exact) mass is 497 g/mol. The van der Waals surface area contributed by atoms with Crippen molar-refractivity contribution in [3.8, 4) is 0 Å². The van der Waals surface area contributed by atoms with E-state index in [1.807, 2.05) is 35.0 Å². The topological polar surface area (TPSA) is 62.3 Å². The maximum atomic E-state index is 6.46. The number of nitrogens with two attached hydrogens (primary N) is 1. The Morgan fingerprint density at radius 3 is 2.58 bits per heavy atom. The number of hydrogen-bond donors (Lipinski definition) is 1. The Labute approximate surface area is 200 Å². The largest absolute Gasteiger partial charge is 0.399 e. The Kier molecular flexibility index (Phi) is 7.37. The van der Waals surface area contributed by atoms with Crippen molar-refractivity contribution in [1.29, 1.82) is 0 Å². The maximum absolute atomic E-state index is 6.46. The highest BCUT2D eigenvalue weighted by Crippen LogP contribution is 2.39. The fourth-order valence-electron chi connectivity index (χ4n) is 3.53. The number of imidazole rings is 1. The summed E-state index contributed by atoms with van der Waals surface area (Å²) in [5.74, 6) is -0.0732. The number of aryl methyl sites for hydroxylation is 1. The van der Waals surface area contributed by atoms with Gasteiger partial charge in [0.2, 0.25) is 0 Å². The molecule has 5 nitrogen and oxygen atoms in total. The van der Waals surface area contributed by atoms with Crippen LogP contribution in [0.25, 0.3) is 0 Å². The first kappa shape index (κ1) is 22.8. The molecule has 0 unspecified atom stereocenters. The summed E-state index contributed by atoms with van der Waals surface area (Å²) in [5.41, 5.74) is 7.52. The quantitative estimate of drug-likeness (QED) is 0.306. The van der Waals surface area contributed by atoms with E-state index in [2.05, 4.69) is 4.98 Å². The lowest BCUT2D eigenvalue weighted by molar-refractivity contribution is -0.180. The molecule has 164 valence electrons. The molecule has 1 aromatic heterocycles. The van der Waals surface area contributed by atoms with Gasteiger partial charge in [0.25, 0.3) is 0 Å². The average Bonchev–Trinajstić information content (AvgIpc) is 3.37. The molecule has 3 aromatic rings. The van der Waals surface area contributed by atoms with Crippen molar-refractivity contribution in [1.82, 2.24) is 9.55 Å². The van der Waals surface area contributed by atoms with Gasteiger partial charge in [-0.05, 0) is 36.2 Å².